The van der Waals surface area contributed by atoms with Gasteiger partial charge < -0.3 is 14.6 Å². The zero-order valence-corrected chi connectivity index (χ0v) is 14.6. The summed E-state index contributed by atoms with van der Waals surface area (Å²) in [6.45, 7) is 7.94. The van der Waals surface area contributed by atoms with Crippen LogP contribution in [0, 0.1) is 0 Å². The van der Waals surface area contributed by atoms with Crippen molar-refractivity contribution >= 4 is 5.97 Å². The standard InChI is InChI=1S/C20H24O4/c1-5-23-17-10-11-18(16(12-17)13-21)14-6-8-15(9-7-14)19(22)24-20(2,3)4/h6-12,21H,5,13H2,1-4H3. The maximum Gasteiger partial charge on any atom is 0.338 e. The topological polar surface area (TPSA) is 55.8 Å². The van der Waals surface area contributed by atoms with Gasteiger partial charge in [-0.1, -0.05) is 18.2 Å². The van der Waals surface area contributed by atoms with Crippen LogP contribution in [0.1, 0.15) is 43.6 Å². The number of aliphatic hydroxyl groups excluding tert-OH is 1. The van der Waals surface area contributed by atoms with E-state index in [1.165, 1.54) is 0 Å². The summed E-state index contributed by atoms with van der Waals surface area (Å²) in [5, 5.41) is 9.61. The van der Waals surface area contributed by atoms with Crippen molar-refractivity contribution in [1.29, 1.82) is 0 Å². The summed E-state index contributed by atoms with van der Waals surface area (Å²) in [4.78, 5) is 12.1. The predicted molar refractivity (Wildman–Crippen MR) is 94.1 cm³/mol. The minimum atomic E-state index is -0.519. The van der Waals surface area contributed by atoms with Gasteiger partial charge in [-0.2, -0.15) is 0 Å². The number of carbonyl (C=O) groups excluding carboxylic acids is 1. The molecule has 0 saturated heterocycles. The Kier molecular flexibility index (Phi) is 5.62. The van der Waals surface area contributed by atoms with E-state index in [0.29, 0.717) is 12.2 Å². The number of carbonyl (C=O) groups is 1. The molecule has 0 aliphatic carbocycles. The fourth-order valence-corrected chi connectivity index (χ4v) is 2.36. The summed E-state index contributed by atoms with van der Waals surface area (Å²) in [5.74, 6) is 0.388. The van der Waals surface area contributed by atoms with E-state index in [4.69, 9.17) is 9.47 Å². The highest BCUT2D eigenvalue weighted by Gasteiger charge is 2.18. The first-order chi connectivity index (χ1) is 11.3. The third kappa shape index (κ3) is 4.59. The van der Waals surface area contributed by atoms with Crippen molar-refractivity contribution in [1.82, 2.24) is 0 Å². The second kappa shape index (κ2) is 7.49. The van der Waals surface area contributed by atoms with Gasteiger partial charge in [-0.25, -0.2) is 4.79 Å². The Labute approximate surface area is 143 Å². The molecule has 2 aromatic rings. The van der Waals surface area contributed by atoms with Crippen LogP contribution in [0.2, 0.25) is 0 Å². The zero-order valence-electron chi connectivity index (χ0n) is 14.6. The van der Waals surface area contributed by atoms with E-state index in [0.717, 1.165) is 22.4 Å². The van der Waals surface area contributed by atoms with Gasteiger partial charge in [-0.3, -0.25) is 0 Å². The lowest BCUT2D eigenvalue weighted by molar-refractivity contribution is 0.00695. The van der Waals surface area contributed by atoms with Gasteiger partial charge >= 0.3 is 5.97 Å². The Balaban J connectivity index is 2.26. The lowest BCUT2D eigenvalue weighted by Crippen LogP contribution is -2.23. The van der Waals surface area contributed by atoms with Gasteiger partial charge in [0.2, 0.25) is 0 Å². The van der Waals surface area contributed by atoms with E-state index in [9.17, 15) is 9.90 Å². The summed E-state index contributed by atoms with van der Waals surface area (Å²) >= 11 is 0. The summed E-state index contributed by atoms with van der Waals surface area (Å²) in [5.41, 5.74) is 2.61. The van der Waals surface area contributed by atoms with Gasteiger partial charge in [0.05, 0.1) is 18.8 Å². The molecule has 4 nitrogen and oxygen atoms in total. The van der Waals surface area contributed by atoms with E-state index in [1.807, 2.05) is 58.0 Å². The largest absolute Gasteiger partial charge is 0.494 e. The highest BCUT2D eigenvalue weighted by molar-refractivity contribution is 5.90. The van der Waals surface area contributed by atoms with Crippen molar-refractivity contribution in [2.45, 2.75) is 39.9 Å². The molecular formula is C20H24O4. The number of hydrogen-bond acceptors (Lipinski definition) is 4. The third-order valence-electron chi connectivity index (χ3n) is 3.39. The molecule has 0 amide bonds. The molecule has 4 heteroatoms. The van der Waals surface area contributed by atoms with Crippen LogP contribution in [-0.4, -0.2) is 23.3 Å². The second-order valence-corrected chi connectivity index (χ2v) is 6.49. The van der Waals surface area contributed by atoms with Crippen molar-refractivity contribution in [3.05, 3.63) is 53.6 Å². The van der Waals surface area contributed by atoms with Crippen molar-refractivity contribution in [2.75, 3.05) is 6.61 Å². The highest BCUT2D eigenvalue weighted by Crippen LogP contribution is 2.28. The Morgan fingerprint density at radius 1 is 1.08 bits per heavy atom. The van der Waals surface area contributed by atoms with Crippen molar-refractivity contribution in [3.63, 3.8) is 0 Å². The first-order valence-corrected chi connectivity index (χ1v) is 8.04. The van der Waals surface area contributed by atoms with E-state index in [-0.39, 0.29) is 12.6 Å². The van der Waals surface area contributed by atoms with E-state index < -0.39 is 5.60 Å². The molecule has 2 rings (SSSR count). The molecular weight excluding hydrogens is 304 g/mol. The molecule has 0 heterocycles. The van der Waals surface area contributed by atoms with Crippen LogP contribution in [0.4, 0.5) is 0 Å². The molecule has 0 saturated carbocycles. The molecule has 24 heavy (non-hydrogen) atoms. The van der Waals surface area contributed by atoms with Crippen LogP contribution >= 0.6 is 0 Å². The Morgan fingerprint density at radius 3 is 2.29 bits per heavy atom. The summed E-state index contributed by atoms with van der Waals surface area (Å²) in [6.07, 6.45) is 0. The maximum absolute atomic E-state index is 12.1. The summed E-state index contributed by atoms with van der Waals surface area (Å²) < 4.78 is 10.8. The summed E-state index contributed by atoms with van der Waals surface area (Å²) in [6, 6.07) is 12.8. The summed E-state index contributed by atoms with van der Waals surface area (Å²) in [7, 11) is 0. The van der Waals surface area contributed by atoms with Crippen LogP contribution < -0.4 is 4.74 Å². The van der Waals surface area contributed by atoms with Gasteiger partial charge in [0.1, 0.15) is 11.4 Å². The van der Waals surface area contributed by atoms with Gasteiger partial charge in [0.25, 0.3) is 0 Å². The van der Waals surface area contributed by atoms with Crippen molar-refractivity contribution in [3.8, 4) is 16.9 Å². The quantitative estimate of drug-likeness (QED) is 0.836. The molecule has 0 radical (unpaired) electrons. The Bertz CT molecular complexity index is 697. The minimum absolute atomic E-state index is 0.0793. The average Bonchev–Trinajstić information content (AvgIpc) is 2.53. The smallest absolute Gasteiger partial charge is 0.338 e. The second-order valence-electron chi connectivity index (χ2n) is 6.49. The van der Waals surface area contributed by atoms with Crippen LogP contribution in [0.15, 0.2) is 42.5 Å². The monoisotopic (exact) mass is 328 g/mol. The fraction of sp³-hybridized carbons (Fsp3) is 0.350. The first-order valence-electron chi connectivity index (χ1n) is 8.04. The van der Waals surface area contributed by atoms with E-state index >= 15 is 0 Å². The molecule has 0 spiro atoms. The van der Waals surface area contributed by atoms with Crippen molar-refractivity contribution < 1.29 is 19.4 Å². The minimum Gasteiger partial charge on any atom is -0.494 e. The van der Waals surface area contributed by atoms with Crippen LogP contribution in [-0.2, 0) is 11.3 Å². The molecule has 0 aliphatic heterocycles. The van der Waals surface area contributed by atoms with Crippen LogP contribution in [0.3, 0.4) is 0 Å². The SMILES string of the molecule is CCOc1ccc(-c2ccc(C(=O)OC(C)(C)C)cc2)c(CO)c1. The number of esters is 1. The molecule has 0 atom stereocenters. The zero-order chi connectivity index (χ0) is 17.7. The molecule has 2 aromatic carbocycles. The third-order valence-corrected chi connectivity index (χ3v) is 3.39. The Hall–Kier alpha value is -2.33. The fourth-order valence-electron chi connectivity index (χ4n) is 2.36. The molecule has 0 bridgehead atoms. The number of ether oxygens (including phenoxy) is 2. The maximum atomic E-state index is 12.1. The number of rotatable bonds is 5. The van der Waals surface area contributed by atoms with Crippen LogP contribution in [0.5, 0.6) is 5.75 Å². The molecule has 128 valence electrons. The van der Waals surface area contributed by atoms with Crippen molar-refractivity contribution in [2.24, 2.45) is 0 Å². The van der Waals surface area contributed by atoms with E-state index in [2.05, 4.69) is 0 Å². The molecule has 0 fully saturated rings. The lowest BCUT2D eigenvalue weighted by Gasteiger charge is -2.19. The highest BCUT2D eigenvalue weighted by atomic mass is 16.6. The molecule has 0 aromatic heterocycles. The number of hydrogen-bond donors (Lipinski definition) is 1. The molecule has 0 aliphatic rings. The van der Waals surface area contributed by atoms with Gasteiger partial charge in [0.15, 0.2) is 0 Å². The van der Waals surface area contributed by atoms with Gasteiger partial charge in [-0.05, 0) is 68.7 Å². The normalized spacial score (nSPS) is 11.2. The average molecular weight is 328 g/mol. The first kappa shape index (κ1) is 18.0. The van der Waals surface area contributed by atoms with Gasteiger partial charge in [0, 0.05) is 0 Å². The number of benzene rings is 2. The molecule has 0 unspecified atom stereocenters. The van der Waals surface area contributed by atoms with Gasteiger partial charge in [-0.15, -0.1) is 0 Å². The van der Waals surface area contributed by atoms with E-state index in [1.54, 1.807) is 12.1 Å². The predicted octanol–water partition coefficient (Wildman–Crippen LogP) is 4.20. The lowest BCUT2D eigenvalue weighted by atomic mass is 9.98. The molecule has 1 N–H and O–H groups in total. The van der Waals surface area contributed by atoms with Crippen LogP contribution in [0.25, 0.3) is 11.1 Å². The Morgan fingerprint density at radius 2 is 1.75 bits per heavy atom. The number of aliphatic hydroxyl groups is 1.